The van der Waals surface area contributed by atoms with Crippen molar-refractivity contribution in [2.24, 2.45) is 5.92 Å². The predicted octanol–water partition coefficient (Wildman–Crippen LogP) is 3.41. The summed E-state index contributed by atoms with van der Waals surface area (Å²) in [5.41, 5.74) is 0.0378. The number of methoxy groups -OCH3 is 1. The molecule has 1 aliphatic rings. The third-order valence-corrected chi connectivity index (χ3v) is 7.37. The highest BCUT2D eigenvalue weighted by Crippen LogP contribution is 2.27. The number of nitrogens with one attached hydrogen (secondary N) is 1. The Morgan fingerprint density at radius 3 is 2.47 bits per heavy atom. The fraction of sp³-hybridized carbons (Fsp3) is 0.300. The van der Waals surface area contributed by atoms with Crippen LogP contribution < -0.4 is 5.32 Å². The molecule has 160 valence electrons. The number of hydrogen-bond acceptors (Lipinski definition) is 5. The molecule has 2 aromatic carbocycles. The highest BCUT2D eigenvalue weighted by atomic mass is 79.9. The number of rotatable bonds is 5. The van der Waals surface area contributed by atoms with Crippen LogP contribution in [0.4, 0.5) is 10.1 Å². The molecule has 0 aromatic heterocycles. The summed E-state index contributed by atoms with van der Waals surface area (Å²) in [5, 5.41) is 2.56. The van der Waals surface area contributed by atoms with Crippen molar-refractivity contribution in [3.05, 3.63) is 58.3 Å². The first kappa shape index (κ1) is 22.4. The highest BCUT2D eigenvalue weighted by molar-refractivity contribution is 9.10. The molecule has 30 heavy (non-hydrogen) atoms. The zero-order chi connectivity index (χ0) is 21.9. The number of anilines is 1. The van der Waals surface area contributed by atoms with Gasteiger partial charge in [-0.3, -0.25) is 4.79 Å². The molecule has 1 aliphatic heterocycles. The maximum atomic E-state index is 13.9. The minimum Gasteiger partial charge on any atom is -0.465 e. The van der Waals surface area contributed by atoms with Crippen molar-refractivity contribution in [1.82, 2.24) is 4.31 Å². The molecule has 10 heteroatoms. The second-order valence-corrected chi connectivity index (χ2v) is 9.60. The van der Waals surface area contributed by atoms with Crippen molar-refractivity contribution in [3.63, 3.8) is 0 Å². The normalized spacial score (nSPS) is 15.6. The Bertz CT molecular complexity index is 1070. The SMILES string of the molecule is COC(=O)c1ccccc1S(=O)(=O)N1CCC(C(=O)Nc2ccc(Br)cc2F)CC1. The Balaban J connectivity index is 1.69. The number of hydrogen-bond donors (Lipinski definition) is 1. The van der Waals surface area contributed by atoms with Crippen LogP contribution in [0, 0.1) is 11.7 Å². The van der Waals surface area contributed by atoms with Crippen LogP contribution >= 0.6 is 15.9 Å². The average Bonchev–Trinajstić information content (AvgIpc) is 2.75. The number of piperidine rings is 1. The number of nitrogens with zero attached hydrogens (tertiary/aromatic N) is 1. The third kappa shape index (κ3) is 4.71. The molecule has 0 atom stereocenters. The molecular formula is C20H20BrFN2O5S. The molecule has 0 saturated carbocycles. The molecular weight excluding hydrogens is 479 g/mol. The maximum absolute atomic E-state index is 13.9. The van der Waals surface area contributed by atoms with E-state index < -0.39 is 27.7 Å². The van der Waals surface area contributed by atoms with Crippen molar-refractivity contribution in [2.45, 2.75) is 17.7 Å². The summed E-state index contributed by atoms with van der Waals surface area (Å²) in [6.07, 6.45) is 0.563. The van der Waals surface area contributed by atoms with Crippen molar-refractivity contribution in [3.8, 4) is 0 Å². The minimum absolute atomic E-state index is 0.0365. The van der Waals surface area contributed by atoms with E-state index in [1.807, 2.05) is 0 Å². The molecule has 3 rings (SSSR count). The third-order valence-electron chi connectivity index (χ3n) is 4.92. The van der Waals surface area contributed by atoms with Crippen molar-refractivity contribution in [1.29, 1.82) is 0 Å². The summed E-state index contributed by atoms with van der Waals surface area (Å²) >= 11 is 3.16. The summed E-state index contributed by atoms with van der Waals surface area (Å²) in [4.78, 5) is 24.3. The smallest absolute Gasteiger partial charge is 0.339 e. The van der Waals surface area contributed by atoms with Gasteiger partial charge in [0.15, 0.2) is 0 Å². The van der Waals surface area contributed by atoms with Crippen LogP contribution in [-0.4, -0.2) is 44.8 Å². The van der Waals surface area contributed by atoms with Crippen LogP contribution in [0.3, 0.4) is 0 Å². The summed E-state index contributed by atoms with van der Waals surface area (Å²) in [6, 6.07) is 10.2. The van der Waals surface area contributed by atoms with E-state index in [0.29, 0.717) is 4.47 Å². The number of halogens is 2. The van der Waals surface area contributed by atoms with Gasteiger partial charge in [0.05, 0.1) is 23.3 Å². The number of carbonyl (C=O) groups is 2. The minimum atomic E-state index is -3.93. The van der Waals surface area contributed by atoms with Gasteiger partial charge in [-0.05, 0) is 43.2 Å². The van der Waals surface area contributed by atoms with E-state index in [1.54, 1.807) is 12.1 Å². The van der Waals surface area contributed by atoms with Crippen molar-refractivity contribution in [2.75, 3.05) is 25.5 Å². The molecule has 0 spiro atoms. The first-order valence-corrected chi connectivity index (χ1v) is 11.4. The molecule has 1 fully saturated rings. The molecule has 0 bridgehead atoms. The molecule has 2 aromatic rings. The van der Waals surface area contributed by atoms with Gasteiger partial charge < -0.3 is 10.1 Å². The number of ether oxygens (including phenoxy) is 1. The molecule has 1 amide bonds. The van der Waals surface area contributed by atoms with Gasteiger partial charge in [-0.1, -0.05) is 28.1 Å². The summed E-state index contributed by atoms with van der Waals surface area (Å²) in [5.74, 6) is -2.10. The van der Waals surface area contributed by atoms with Gasteiger partial charge in [0.1, 0.15) is 5.82 Å². The lowest BCUT2D eigenvalue weighted by atomic mass is 9.97. The van der Waals surface area contributed by atoms with Crippen LogP contribution in [0.25, 0.3) is 0 Å². The van der Waals surface area contributed by atoms with E-state index in [0.717, 1.165) is 0 Å². The Hall–Kier alpha value is -2.30. The second-order valence-electron chi connectivity index (χ2n) is 6.78. The van der Waals surface area contributed by atoms with Crippen LogP contribution in [0.2, 0.25) is 0 Å². The summed E-state index contributed by atoms with van der Waals surface area (Å²) < 4.78 is 46.5. The molecule has 0 aliphatic carbocycles. The molecule has 1 N–H and O–H groups in total. The van der Waals surface area contributed by atoms with Gasteiger partial charge in [0, 0.05) is 23.5 Å². The van der Waals surface area contributed by atoms with Gasteiger partial charge >= 0.3 is 5.97 Å². The summed E-state index contributed by atoms with van der Waals surface area (Å²) in [7, 11) is -2.75. The van der Waals surface area contributed by atoms with Gasteiger partial charge in [0.2, 0.25) is 15.9 Å². The first-order valence-electron chi connectivity index (χ1n) is 9.17. The van der Waals surface area contributed by atoms with Gasteiger partial charge in [0.25, 0.3) is 0 Å². The van der Waals surface area contributed by atoms with Crippen molar-refractivity contribution < 1.29 is 27.1 Å². The Morgan fingerprint density at radius 2 is 1.83 bits per heavy atom. The Kier molecular flexibility index (Phi) is 6.89. The number of carbonyl (C=O) groups excluding carboxylic acids is 2. The lowest BCUT2D eigenvalue weighted by Gasteiger charge is -2.31. The number of sulfonamides is 1. The maximum Gasteiger partial charge on any atom is 0.339 e. The summed E-state index contributed by atoms with van der Waals surface area (Å²) in [6.45, 7) is 0.220. The van der Waals surface area contributed by atoms with Crippen LogP contribution in [0.5, 0.6) is 0 Å². The van der Waals surface area contributed by atoms with E-state index in [-0.39, 0.29) is 48.0 Å². The average molecular weight is 499 g/mol. The van der Waals surface area contributed by atoms with E-state index in [1.165, 1.54) is 41.7 Å². The Morgan fingerprint density at radius 1 is 1.17 bits per heavy atom. The fourth-order valence-corrected chi connectivity index (χ4v) is 5.28. The van der Waals surface area contributed by atoms with Crippen LogP contribution in [0.1, 0.15) is 23.2 Å². The van der Waals surface area contributed by atoms with Gasteiger partial charge in [-0.15, -0.1) is 0 Å². The first-order chi connectivity index (χ1) is 14.2. The molecule has 1 saturated heterocycles. The van der Waals surface area contributed by atoms with Crippen molar-refractivity contribution >= 4 is 43.5 Å². The molecule has 0 radical (unpaired) electrons. The van der Waals surface area contributed by atoms with Crippen LogP contribution in [0.15, 0.2) is 51.8 Å². The predicted molar refractivity (Wildman–Crippen MR) is 112 cm³/mol. The zero-order valence-electron chi connectivity index (χ0n) is 16.1. The van der Waals surface area contributed by atoms with Gasteiger partial charge in [-0.25, -0.2) is 17.6 Å². The monoisotopic (exact) mass is 498 g/mol. The molecule has 1 heterocycles. The number of benzene rings is 2. The Labute approximate surface area is 182 Å². The lowest BCUT2D eigenvalue weighted by molar-refractivity contribution is -0.120. The topological polar surface area (TPSA) is 92.8 Å². The molecule has 7 nitrogen and oxygen atoms in total. The zero-order valence-corrected chi connectivity index (χ0v) is 18.5. The number of amides is 1. The standard InChI is InChI=1S/C20H20BrFN2O5S/c1-29-20(26)15-4-2-3-5-18(15)30(27,28)24-10-8-13(9-11-24)19(25)23-17-7-6-14(21)12-16(17)22/h2-7,12-13H,8-11H2,1H3,(H,23,25). The fourth-order valence-electron chi connectivity index (χ4n) is 3.29. The van der Waals surface area contributed by atoms with E-state index in [4.69, 9.17) is 0 Å². The lowest BCUT2D eigenvalue weighted by Crippen LogP contribution is -2.41. The van der Waals surface area contributed by atoms with Crippen LogP contribution in [-0.2, 0) is 19.6 Å². The largest absolute Gasteiger partial charge is 0.465 e. The molecule has 0 unspecified atom stereocenters. The van der Waals surface area contributed by atoms with E-state index >= 15 is 0 Å². The van der Waals surface area contributed by atoms with E-state index in [9.17, 15) is 22.4 Å². The quantitative estimate of drug-likeness (QED) is 0.637. The van der Waals surface area contributed by atoms with Gasteiger partial charge in [-0.2, -0.15) is 4.31 Å². The van der Waals surface area contributed by atoms with E-state index in [2.05, 4.69) is 26.0 Å². The highest BCUT2D eigenvalue weighted by Gasteiger charge is 2.34. The second kappa shape index (κ2) is 9.23. The number of esters is 1.